The summed E-state index contributed by atoms with van der Waals surface area (Å²) < 4.78 is 0. The van der Waals surface area contributed by atoms with Crippen LogP contribution in [0.3, 0.4) is 0 Å². The Bertz CT molecular complexity index is 359. The predicted octanol–water partition coefficient (Wildman–Crippen LogP) is 3.62. The summed E-state index contributed by atoms with van der Waals surface area (Å²) in [4.78, 5) is 0. The molecule has 0 radical (unpaired) electrons. The van der Waals surface area contributed by atoms with Gasteiger partial charge in [-0.3, -0.25) is 0 Å². The molecule has 88 valence electrons. The molecule has 1 N–H and O–H groups in total. The van der Waals surface area contributed by atoms with Gasteiger partial charge >= 0.3 is 0 Å². The minimum atomic E-state index is 0.322. The van der Waals surface area contributed by atoms with Crippen molar-refractivity contribution in [1.82, 2.24) is 5.32 Å². The molecule has 1 fully saturated rings. The summed E-state index contributed by atoms with van der Waals surface area (Å²) >= 11 is 5.94. The van der Waals surface area contributed by atoms with Gasteiger partial charge in [-0.25, -0.2) is 0 Å². The smallest absolute Gasteiger partial charge is 0.0406 e. The van der Waals surface area contributed by atoms with Crippen molar-refractivity contribution in [1.29, 1.82) is 0 Å². The summed E-state index contributed by atoms with van der Waals surface area (Å²) in [7, 11) is 2.03. The van der Waals surface area contributed by atoms with Gasteiger partial charge in [-0.1, -0.05) is 37.6 Å². The molecule has 0 unspecified atom stereocenters. The fourth-order valence-corrected chi connectivity index (χ4v) is 3.48. The third kappa shape index (κ3) is 2.11. The number of likely N-dealkylation sites (N-methyl/N-ethyl adjacent to an activating group) is 1. The van der Waals surface area contributed by atoms with Gasteiger partial charge in [0.2, 0.25) is 0 Å². The Labute approximate surface area is 103 Å². The molecule has 0 saturated heterocycles. The van der Waals surface area contributed by atoms with Crippen LogP contribution < -0.4 is 5.32 Å². The maximum absolute atomic E-state index is 5.94. The van der Waals surface area contributed by atoms with E-state index in [2.05, 4.69) is 31.3 Å². The third-order valence-electron chi connectivity index (χ3n) is 3.61. The lowest BCUT2D eigenvalue weighted by Gasteiger charge is -2.54. The Morgan fingerprint density at radius 3 is 2.19 bits per heavy atom. The number of halogens is 1. The van der Waals surface area contributed by atoms with Gasteiger partial charge in [0, 0.05) is 17.0 Å². The van der Waals surface area contributed by atoms with Crippen LogP contribution in [0, 0.1) is 5.41 Å². The first-order valence-corrected chi connectivity index (χ1v) is 6.26. The second-order valence-electron chi connectivity index (χ2n) is 5.84. The summed E-state index contributed by atoms with van der Waals surface area (Å²) in [6.07, 6.45) is 2.50. The van der Waals surface area contributed by atoms with Crippen LogP contribution in [0.4, 0.5) is 0 Å². The van der Waals surface area contributed by atoms with E-state index >= 15 is 0 Å². The van der Waals surface area contributed by atoms with Crippen molar-refractivity contribution >= 4 is 11.6 Å². The molecule has 0 bridgehead atoms. The average Bonchev–Trinajstić information content (AvgIpc) is 2.16. The number of hydrogen-bond acceptors (Lipinski definition) is 1. The topological polar surface area (TPSA) is 12.0 Å². The zero-order valence-corrected chi connectivity index (χ0v) is 11.1. The molecule has 2 heteroatoms. The highest BCUT2D eigenvalue weighted by Gasteiger charge is 2.49. The molecule has 0 amide bonds. The molecule has 1 saturated carbocycles. The molecule has 0 aromatic heterocycles. The number of benzene rings is 1. The predicted molar refractivity (Wildman–Crippen MR) is 70.1 cm³/mol. The fourth-order valence-electron chi connectivity index (χ4n) is 3.35. The van der Waals surface area contributed by atoms with E-state index in [0.717, 1.165) is 11.6 Å². The van der Waals surface area contributed by atoms with E-state index in [9.17, 15) is 0 Å². The highest BCUT2D eigenvalue weighted by Crippen LogP contribution is 2.55. The molecule has 1 aromatic carbocycles. The van der Waals surface area contributed by atoms with Crippen molar-refractivity contribution in [2.75, 3.05) is 13.6 Å². The first-order chi connectivity index (χ1) is 7.47. The number of hydrogen-bond donors (Lipinski definition) is 1. The Morgan fingerprint density at radius 1 is 1.19 bits per heavy atom. The van der Waals surface area contributed by atoms with E-state index in [4.69, 9.17) is 11.6 Å². The van der Waals surface area contributed by atoms with Crippen molar-refractivity contribution in [2.45, 2.75) is 32.1 Å². The van der Waals surface area contributed by atoms with Crippen LogP contribution in [0.5, 0.6) is 0 Å². The lowest BCUT2D eigenvalue weighted by Crippen LogP contribution is -2.51. The highest BCUT2D eigenvalue weighted by molar-refractivity contribution is 6.30. The van der Waals surface area contributed by atoms with Crippen LogP contribution in [0.2, 0.25) is 5.02 Å². The van der Waals surface area contributed by atoms with Crippen LogP contribution in [-0.2, 0) is 5.41 Å². The molecule has 1 aliphatic carbocycles. The Balaban J connectivity index is 2.24. The van der Waals surface area contributed by atoms with Crippen LogP contribution in [-0.4, -0.2) is 13.6 Å². The van der Waals surface area contributed by atoms with E-state index < -0.39 is 0 Å². The largest absolute Gasteiger partial charge is 0.319 e. The zero-order valence-electron chi connectivity index (χ0n) is 10.3. The van der Waals surface area contributed by atoms with Gasteiger partial charge in [-0.05, 0) is 43.0 Å². The normalized spacial score (nSPS) is 21.5. The summed E-state index contributed by atoms with van der Waals surface area (Å²) in [5.74, 6) is 0. The first-order valence-electron chi connectivity index (χ1n) is 5.88. The SMILES string of the molecule is CNCC1(c2ccc(Cl)cc2)CC(C)(C)C1. The van der Waals surface area contributed by atoms with Gasteiger partial charge in [0.25, 0.3) is 0 Å². The molecule has 16 heavy (non-hydrogen) atoms. The van der Waals surface area contributed by atoms with Gasteiger partial charge in [-0.15, -0.1) is 0 Å². The van der Waals surface area contributed by atoms with E-state index in [1.807, 2.05) is 19.2 Å². The quantitative estimate of drug-likeness (QED) is 0.847. The lowest BCUT2D eigenvalue weighted by atomic mass is 9.52. The molecule has 2 rings (SSSR count). The monoisotopic (exact) mass is 237 g/mol. The second-order valence-corrected chi connectivity index (χ2v) is 6.27. The maximum atomic E-state index is 5.94. The molecular formula is C14H20ClN. The standard InChI is InChI=1S/C14H20ClN/c1-13(2)8-14(9-13,10-16-3)11-4-6-12(15)7-5-11/h4-7,16H,8-10H2,1-3H3. The molecule has 1 aromatic rings. The molecule has 0 aliphatic heterocycles. The summed E-state index contributed by atoms with van der Waals surface area (Å²) in [6.45, 7) is 5.74. The lowest BCUT2D eigenvalue weighted by molar-refractivity contribution is 0.0579. The van der Waals surface area contributed by atoms with Gasteiger partial charge in [-0.2, -0.15) is 0 Å². The Kier molecular flexibility index (Phi) is 3.02. The molecule has 0 spiro atoms. The van der Waals surface area contributed by atoms with Crippen molar-refractivity contribution in [3.63, 3.8) is 0 Å². The highest BCUT2D eigenvalue weighted by atomic mass is 35.5. The van der Waals surface area contributed by atoms with Gasteiger partial charge in [0.15, 0.2) is 0 Å². The van der Waals surface area contributed by atoms with Crippen LogP contribution in [0.25, 0.3) is 0 Å². The minimum Gasteiger partial charge on any atom is -0.319 e. The molecule has 1 nitrogen and oxygen atoms in total. The number of rotatable bonds is 3. The second kappa shape index (κ2) is 4.05. The van der Waals surface area contributed by atoms with Crippen molar-refractivity contribution in [2.24, 2.45) is 5.41 Å². The van der Waals surface area contributed by atoms with Crippen LogP contribution in [0.1, 0.15) is 32.3 Å². The Hall–Kier alpha value is -0.530. The minimum absolute atomic E-state index is 0.322. The summed E-state index contributed by atoms with van der Waals surface area (Å²) in [5, 5.41) is 4.15. The van der Waals surface area contributed by atoms with E-state index in [-0.39, 0.29) is 0 Å². The van der Waals surface area contributed by atoms with Crippen LogP contribution >= 0.6 is 11.6 Å². The van der Waals surface area contributed by atoms with Gasteiger partial charge < -0.3 is 5.32 Å². The first kappa shape index (κ1) is 11.9. The van der Waals surface area contributed by atoms with Crippen molar-refractivity contribution < 1.29 is 0 Å². The van der Waals surface area contributed by atoms with E-state index in [1.165, 1.54) is 18.4 Å². The maximum Gasteiger partial charge on any atom is 0.0406 e. The van der Waals surface area contributed by atoms with Crippen LogP contribution in [0.15, 0.2) is 24.3 Å². The van der Waals surface area contributed by atoms with E-state index in [1.54, 1.807) is 0 Å². The fraction of sp³-hybridized carbons (Fsp3) is 0.571. The summed E-state index contributed by atoms with van der Waals surface area (Å²) in [5.41, 5.74) is 2.23. The zero-order chi connectivity index (χ0) is 11.8. The molecule has 0 atom stereocenters. The average molecular weight is 238 g/mol. The molecular weight excluding hydrogens is 218 g/mol. The van der Waals surface area contributed by atoms with Crippen molar-refractivity contribution in [3.8, 4) is 0 Å². The van der Waals surface area contributed by atoms with Gasteiger partial charge in [0.1, 0.15) is 0 Å². The molecule has 1 aliphatic rings. The molecule has 0 heterocycles. The van der Waals surface area contributed by atoms with E-state index in [0.29, 0.717) is 10.8 Å². The Morgan fingerprint density at radius 2 is 1.75 bits per heavy atom. The van der Waals surface area contributed by atoms with Gasteiger partial charge in [0.05, 0.1) is 0 Å². The van der Waals surface area contributed by atoms with Crippen molar-refractivity contribution in [3.05, 3.63) is 34.9 Å². The summed E-state index contributed by atoms with van der Waals surface area (Å²) in [6, 6.07) is 8.35. The third-order valence-corrected chi connectivity index (χ3v) is 3.86. The number of nitrogens with one attached hydrogen (secondary N) is 1.